The van der Waals surface area contributed by atoms with Crippen LogP contribution in [0, 0.1) is 0 Å². The summed E-state index contributed by atoms with van der Waals surface area (Å²) in [5, 5.41) is 1.01. The van der Waals surface area contributed by atoms with Gasteiger partial charge in [-0.3, -0.25) is 4.79 Å². The van der Waals surface area contributed by atoms with Crippen molar-refractivity contribution in [3.8, 4) is 0 Å². The Morgan fingerprint density at radius 3 is 2.57 bits per heavy atom. The minimum absolute atomic E-state index is 0. The summed E-state index contributed by atoms with van der Waals surface area (Å²) < 4.78 is 0. The molecule has 7 heteroatoms. The first-order chi connectivity index (χ1) is 9.49. The number of thioether (sulfide) groups is 1. The van der Waals surface area contributed by atoms with Gasteiger partial charge < -0.3 is 10.6 Å². The monoisotopic (exact) mass is 370 g/mol. The second kappa shape index (κ2) is 10.6. The van der Waals surface area contributed by atoms with Crippen molar-refractivity contribution in [2.24, 2.45) is 5.73 Å². The molecule has 0 unspecified atom stereocenters. The van der Waals surface area contributed by atoms with E-state index in [2.05, 4.69) is 0 Å². The lowest BCUT2D eigenvalue weighted by Crippen LogP contribution is -2.43. The zero-order chi connectivity index (χ0) is 15.1. The largest absolute Gasteiger partial charge is 0.337 e. The second-order valence-electron chi connectivity index (χ2n) is 4.49. The van der Waals surface area contributed by atoms with Gasteiger partial charge in [0.15, 0.2) is 0 Å². The lowest BCUT2D eigenvalue weighted by molar-refractivity contribution is -0.133. The van der Waals surface area contributed by atoms with Crippen LogP contribution in [0.4, 0.5) is 0 Å². The van der Waals surface area contributed by atoms with E-state index in [9.17, 15) is 4.79 Å². The molecule has 0 saturated carbocycles. The number of hydrogen-bond donors (Lipinski definition) is 1. The summed E-state index contributed by atoms with van der Waals surface area (Å²) in [4.78, 5) is 14.0. The third kappa shape index (κ3) is 6.66. The number of benzene rings is 1. The molecule has 0 aliphatic carbocycles. The number of amides is 1. The van der Waals surface area contributed by atoms with Crippen LogP contribution in [0.5, 0.6) is 0 Å². The maximum atomic E-state index is 12.3. The van der Waals surface area contributed by atoms with Gasteiger partial charge in [0.25, 0.3) is 0 Å². The summed E-state index contributed by atoms with van der Waals surface area (Å²) in [7, 11) is 0. The van der Waals surface area contributed by atoms with Crippen LogP contribution in [0.25, 0.3) is 0 Å². The summed E-state index contributed by atoms with van der Waals surface area (Å²) in [6, 6.07) is 4.96. The summed E-state index contributed by atoms with van der Waals surface area (Å²) in [6.45, 7) is 3.06. The Bertz CT molecular complexity index is 460. The summed E-state index contributed by atoms with van der Waals surface area (Å²) in [5.74, 6) is 0.865. The molecular formula is C14H21Cl3N2OS. The molecule has 1 amide bonds. The van der Waals surface area contributed by atoms with Gasteiger partial charge in [0, 0.05) is 13.1 Å². The third-order valence-corrected chi connectivity index (χ3v) is 4.38. The number of nitrogens with zero attached hydrogens (tertiary/aromatic N) is 1. The average molecular weight is 372 g/mol. The predicted molar refractivity (Wildman–Crippen MR) is 95.8 cm³/mol. The van der Waals surface area contributed by atoms with Gasteiger partial charge in [0.05, 0.1) is 16.1 Å². The van der Waals surface area contributed by atoms with Crippen LogP contribution in [0.3, 0.4) is 0 Å². The van der Waals surface area contributed by atoms with E-state index in [1.165, 1.54) is 0 Å². The fourth-order valence-corrected chi connectivity index (χ4v) is 2.62. The van der Waals surface area contributed by atoms with E-state index in [0.29, 0.717) is 29.6 Å². The van der Waals surface area contributed by atoms with Gasteiger partial charge in [-0.15, -0.1) is 12.4 Å². The van der Waals surface area contributed by atoms with Crippen LogP contribution in [0.2, 0.25) is 10.0 Å². The second-order valence-corrected chi connectivity index (χ2v) is 6.29. The Hall–Kier alpha value is -0.130. The first kappa shape index (κ1) is 20.9. The normalized spacial score (nSPS) is 11.7. The molecule has 2 N–H and O–H groups in total. The van der Waals surface area contributed by atoms with Crippen LogP contribution in [0.1, 0.15) is 18.9 Å². The number of carbonyl (C=O) groups is 1. The molecule has 0 bridgehead atoms. The highest BCUT2D eigenvalue weighted by molar-refractivity contribution is 7.98. The van der Waals surface area contributed by atoms with Crippen molar-refractivity contribution < 1.29 is 4.79 Å². The maximum Gasteiger partial charge on any atom is 0.239 e. The quantitative estimate of drug-likeness (QED) is 0.792. The molecule has 1 aromatic rings. The van der Waals surface area contributed by atoms with Gasteiger partial charge in [-0.2, -0.15) is 11.8 Å². The molecule has 0 aliphatic heterocycles. The van der Waals surface area contributed by atoms with E-state index in [1.807, 2.05) is 19.2 Å². The van der Waals surface area contributed by atoms with Gasteiger partial charge in [0.2, 0.25) is 5.91 Å². The van der Waals surface area contributed by atoms with Crippen molar-refractivity contribution in [1.82, 2.24) is 4.90 Å². The molecule has 0 fully saturated rings. The Kier molecular flexibility index (Phi) is 10.5. The maximum absolute atomic E-state index is 12.3. The SMILES string of the molecule is CCN(Cc1ccc(Cl)c(Cl)c1)C(=O)[C@@H](N)CCSC.Cl. The minimum Gasteiger partial charge on any atom is -0.337 e. The van der Waals surface area contributed by atoms with Crippen molar-refractivity contribution in [1.29, 1.82) is 0 Å². The first-order valence-corrected chi connectivity index (χ1v) is 8.61. The Morgan fingerprint density at radius 2 is 2.05 bits per heavy atom. The molecule has 0 radical (unpaired) electrons. The number of rotatable bonds is 7. The fourth-order valence-electron chi connectivity index (χ4n) is 1.81. The van der Waals surface area contributed by atoms with Gasteiger partial charge >= 0.3 is 0 Å². The Morgan fingerprint density at radius 1 is 1.38 bits per heavy atom. The van der Waals surface area contributed by atoms with Crippen molar-refractivity contribution in [2.45, 2.75) is 25.9 Å². The van der Waals surface area contributed by atoms with Gasteiger partial charge in [-0.05, 0) is 43.0 Å². The van der Waals surface area contributed by atoms with Crippen LogP contribution >= 0.6 is 47.4 Å². The standard InChI is InChI=1S/C14H20Cl2N2OS.ClH/c1-3-18(14(19)13(17)6-7-20-2)9-10-4-5-11(15)12(16)8-10;/h4-5,8,13H,3,6-7,9,17H2,1-2H3;1H/t13-;/m0./s1. The molecule has 1 aromatic carbocycles. The van der Waals surface area contributed by atoms with Crippen LogP contribution in [-0.4, -0.2) is 35.4 Å². The molecule has 0 aliphatic rings. The Balaban J connectivity index is 0.00000400. The van der Waals surface area contributed by atoms with Crippen LogP contribution in [-0.2, 0) is 11.3 Å². The molecule has 120 valence electrons. The molecule has 3 nitrogen and oxygen atoms in total. The van der Waals surface area contributed by atoms with E-state index < -0.39 is 6.04 Å². The van der Waals surface area contributed by atoms with E-state index in [-0.39, 0.29) is 18.3 Å². The van der Waals surface area contributed by atoms with Crippen molar-refractivity contribution in [3.63, 3.8) is 0 Å². The molecule has 21 heavy (non-hydrogen) atoms. The number of halogens is 3. The van der Waals surface area contributed by atoms with Crippen LogP contribution < -0.4 is 5.73 Å². The molecule has 0 spiro atoms. The zero-order valence-corrected chi connectivity index (χ0v) is 15.3. The number of hydrogen-bond acceptors (Lipinski definition) is 3. The highest BCUT2D eigenvalue weighted by Crippen LogP contribution is 2.23. The molecule has 1 rings (SSSR count). The van der Waals surface area contributed by atoms with Gasteiger partial charge in [-0.1, -0.05) is 29.3 Å². The van der Waals surface area contributed by atoms with Crippen molar-refractivity contribution in [2.75, 3.05) is 18.6 Å². The van der Waals surface area contributed by atoms with Gasteiger partial charge in [-0.25, -0.2) is 0 Å². The smallest absolute Gasteiger partial charge is 0.239 e. The highest BCUT2D eigenvalue weighted by atomic mass is 35.5. The lowest BCUT2D eigenvalue weighted by atomic mass is 10.1. The lowest BCUT2D eigenvalue weighted by Gasteiger charge is -2.24. The number of likely N-dealkylation sites (N-methyl/N-ethyl adjacent to an activating group) is 1. The molecule has 0 aromatic heterocycles. The van der Waals surface area contributed by atoms with Crippen molar-refractivity contribution >= 4 is 53.3 Å². The van der Waals surface area contributed by atoms with E-state index in [4.69, 9.17) is 28.9 Å². The Labute approximate surface area is 146 Å². The summed E-state index contributed by atoms with van der Waals surface area (Å²) >= 11 is 13.6. The topological polar surface area (TPSA) is 46.3 Å². The van der Waals surface area contributed by atoms with E-state index >= 15 is 0 Å². The molecular weight excluding hydrogens is 351 g/mol. The molecule has 1 atom stereocenters. The van der Waals surface area contributed by atoms with E-state index in [0.717, 1.165) is 11.3 Å². The predicted octanol–water partition coefficient (Wildman–Crippen LogP) is 3.84. The van der Waals surface area contributed by atoms with Gasteiger partial charge in [0.1, 0.15) is 0 Å². The number of nitrogens with two attached hydrogens (primary N) is 1. The minimum atomic E-state index is -0.440. The fraction of sp³-hybridized carbons (Fsp3) is 0.500. The highest BCUT2D eigenvalue weighted by Gasteiger charge is 2.19. The van der Waals surface area contributed by atoms with E-state index in [1.54, 1.807) is 28.8 Å². The number of carbonyl (C=O) groups excluding carboxylic acids is 1. The zero-order valence-electron chi connectivity index (χ0n) is 12.1. The summed E-state index contributed by atoms with van der Waals surface area (Å²) in [5.41, 5.74) is 6.89. The van der Waals surface area contributed by atoms with Crippen LogP contribution in [0.15, 0.2) is 18.2 Å². The average Bonchev–Trinajstić information content (AvgIpc) is 2.45. The third-order valence-electron chi connectivity index (χ3n) is 3.00. The molecule has 0 heterocycles. The molecule has 0 saturated heterocycles. The summed E-state index contributed by atoms with van der Waals surface area (Å²) in [6.07, 6.45) is 2.70. The first-order valence-electron chi connectivity index (χ1n) is 6.46. The van der Waals surface area contributed by atoms with Crippen molar-refractivity contribution in [3.05, 3.63) is 33.8 Å².